The van der Waals surface area contributed by atoms with Crippen molar-refractivity contribution in [3.8, 4) is 0 Å². The van der Waals surface area contributed by atoms with E-state index in [0.29, 0.717) is 19.5 Å². The minimum atomic E-state index is -0.200. The number of nitrogens with zero attached hydrogens (tertiary/aromatic N) is 3. The first kappa shape index (κ1) is 14.8. The van der Waals surface area contributed by atoms with Gasteiger partial charge in [0.15, 0.2) is 0 Å². The number of likely N-dealkylation sites (tertiary alicyclic amines) is 1. The van der Waals surface area contributed by atoms with Crippen molar-refractivity contribution in [2.45, 2.75) is 44.2 Å². The molecule has 3 fully saturated rings. The molecule has 0 bridgehead atoms. The molecule has 0 aromatic heterocycles. The molecule has 1 N–H and O–H groups in total. The molecule has 6 nitrogen and oxygen atoms in total. The van der Waals surface area contributed by atoms with E-state index in [2.05, 4.69) is 4.90 Å². The van der Waals surface area contributed by atoms with Crippen molar-refractivity contribution in [3.05, 3.63) is 0 Å². The zero-order chi connectivity index (χ0) is 14.8. The van der Waals surface area contributed by atoms with Gasteiger partial charge in [-0.1, -0.05) is 0 Å². The lowest BCUT2D eigenvalue weighted by Crippen LogP contribution is -2.55. The van der Waals surface area contributed by atoms with Crippen LogP contribution in [0.25, 0.3) is 0 Å². The Morgan fingerprint density at radius 3 is 2.43 bits per heavy atom. The van der Waals surface area contributed by atoms with Crippen LogP contribution >= 0.6 is 0 Å². The molecule has 6 heteroatoms. The second-order valence-electron chi connectivity index (χ2n) is 6.40. The maximum atomic E-state index is 12.3. The summed E-state index contributed by atoms with van der Waals surface area (Å²) in [5.74, 6) is 0.174. The normalized spacial score (nSPS) is 31.2. The predicted octanol–water partition coefficient (Wildman–Crippen LogP) is -0.334. The fourth-order valence-electron chi connectivity index (χ4n) is 3.78. The Hall–Kier alpha value is -1.14. The second-order valence-corrected chi connectivity index (χ2v) is 6.40. The topological polar surface area (TPSA) is 64.1 Å². The van der Waals surface area contributed by atoms with Gasteiger partial charge in [0.05, 0.1) is 12.6 Å². The molecule has 0 radical (unpaired) electrons. The summed E-state index contributed by atoms with van der Waals surface area (Å²) in [6.07, 6.45) is 4.33. The third kappa shape index (κ3) is 3.21. The van der Waals surface area contributed by atoms with E-state index in [9.17, 15) is 14.7 Å². The second kappa shape index (κ2) is 6.32. The molecule has 2 amide bonds. The summed E-state index contributed by atoms with van der Waals surface area (Å²) in [6.45, 7) is 4.06. The summed E-state index contributed by atoms with van der Waals surface area (Å²) < 4.78 is 0. The number of aliphatic hydroxyl groups excluding tert-OH is 1. The van der Waals surface area contributed by atoms with Gasteiger partial charge >= 0.3 is 0 Å². The number of aliphatic hydroxyl groups is 1. The monoisotopic (exact) mass is 295 g/mol. The average Bonchev–Trinajstić information content (AvgIpc) is 3.08. The number of carbonyl (C=O) groups is 2. The number of carbonyl (C=O) groups excluding carboxylic acids is 2. The van der Waals surface area contributed by atoms with Crippen molar-refractivity contribution in [1.29, 1.82) is 0 Å². The van der Waals surface area contributed by atoms with Crippen LogP contribution in [0.5, 0.6) is 0 Å². The highest BCUT2D eigenvalue weighted by atomic mass is 16.3. The van der Waals surface area contributed by atoms with Gasteiger partial charge in [-0.05, 0) is 25.7 Å². The molecule has 0 aromatic carbocycles. The SMILES string of the molecule is O=C(CN1CCCC1=O)N1CCN(C2CCCC2O)CC1. The first-order valence-electron chi connectivity index (χ1n) is 8.13. The van der Waals surface area contributed by atoms with Gasteiger partial charge in [-0.2, -0.15) is 0 Å². The highest BCUT2D eigenvalue weighted by Gasteiger charge is 2.34. The van der Waals surface area contributed by atoms with Crippen LogP contribution in [0.2, 0.25) is 0 Å². The van der Waals surface area contributed by atoms with Crippen molar-refractivity contribution < 1.29 is 14.7 Å². The number of piperazine rings is 1. The summed E-state index contributed by atoms with van der Waals surface area (Å²) in [5, 5.41) is 9.97. The van der Waals surface area contributed by atoms with Crippen LogP contribution in [-0.2, 0) is 9.59 Å². The lowest BCUT2D eigenvalue weighted by molar-refractivity contribution is -0.139. The van der Waals surface area contributed by atoms with Crippen LogP contribution in [0.4, 0.5) is 0 Å². The van der Waals surface area contributed by atoms with Crippen LogP contribution in [0.15, 0.2) is 0 Å². The van der Waals surface area contributed by atoms with E-state index in [1.165, 1.54) is 0 Å². The molecule has 2 atom stereocenters. The van der Waals surface area contributed by atoms with Crippen molar-refractivity contribution in [1.82, 2.24) is 14.7 Å². The van der Waals surface area contributed by atoms with Crippen LogP contribution in [0.3, 0.4) is 0 Å². The predicted molar refractivity (Wildman–Crippen MR) is 77.6 cm³/mol. The van der Waals surface area contributed by atoms with E-state index in [4.69, 9.17) is 0 Å². The summed E-state index contributed by atoms with van der Waals surface area (Å²) in [6, 6.07) is 0.280. The molecule has 2 unspecified atom stereocenters. The van der Waals surface area contributed by atoms with Gasteiger partial charge in [0.25, 0.3) is 0 Å². The standard InChI is InChI=1S/C15H25N3O3/c19-13-4-1-3-12(13)16-7-9-17(10-8-16)15(21)11-18-6-2-5-14(18)20/h12-13,19H,1-11H2. The van der Waals surface area contributed by atoms with Gasteiger partial charge in [-0.25, -0.2) is 0 Å². The fraction of sp³-hybridized carbons (Fsp3) is 0.867. The highest BCUT2D eigenvalue weighted by molar-refractivity contribution is 5.85. The summed E-state index contributed by atoms with van der Waals surface area (Å²) >= 11 is 0. The molecule has 1 aliphatic carbocycles. The number of amides is 2. The molecule has 2 saturated heterocycles. The van der Waals surface area contributed by atoms with Gasteiger partial charge in [0.2, 0.25) is 11.8 Å². The Morgan fingerprint density at radius 1 is 1.10 bits per heavy atom. The van der Waals surface area contributed by atoms with Gasteiger partial charge < -0.3 is 14.9 Å². The molecule has 1 saturated carbocycles. The van der Waals surface area contributed by atoms with Crippen molar-refractivity contribution in [2.75, 3.05) is 39.3 Å². The quantitative estimate of drug-likeness (QED) is 0.774. The minimum Gasteiger partial charge on any atom is -0.391 e. The summed E-state index contributed by atoms with van der Waals surface area (Å²) in [7, 11) is 0. The average molecular weight is 295 g/mol. The zero-order valence-corrected chi connectivity index (χ0v) is 12.5. The van der Waals surface area contributed by atoms with Crippen molar-refractivity contribution >= 4 is 11.8 Å². The molecule has 21 heavy (non-hydrogen) atoms. The Bertz CT molecular complexity index is 407. The Balaban J connectivity index is 1.46. The lowest BCUT2D eigenvalue weighted by atomic mass is 10.1. The largest absolute Gasteiger partial charge is 0.391 e. The fourth-order valence-corrected chi connectivity index (χ4v) is 3.78. The first-order chi connectivity index (χ1) is 10.1. The van der Waals surface area contributed by atoms with E-state index in [1.54, 1.807) is 4.90 Å². The third-order valence-corrected chi connectivity index (χ3v) is 5.08. The molecule has 0 spiro atoms. The smallest absolute Gasteiger partial charge is 0.242 e. The van der Waals surface area contributed by atoms with E-state index in [0.717, 1.165) is 45.3 Å². The number of hydrogen-bond donors (Lipinski definition) is 1. The Labute approximate surface area is 125 Å². The molecule has 3 aliphatic rings. The third-order valence-electron chi connectivity index (χ3n) is 5.08. The van der Waals surface area contributed by atoms with E-state index < -0.39 is 0 Å². The van der Waals surface area contributed by atoms with E-state index in [-0.39, 0.29) is 30.5 Å². The maximum absolute atomic E-state index is 12.3. The van der Waals surface area contributed by atoms with Crippen LogP contribution < -0.4 is 0 Å². The van der Waals surface area contributed by atoms with Crippen LogP contribution in [-0.4, -0.2) is 83.0 Å². The number of rotatable bonds is 3. The first-order valence-corrected chi connectivity index (χ1v) is 8.13. The van der Waals surface area contributed by atoms with Crippen LogP contribution in [0, 0.1) is 0 Å². The lowest BCUT2D eigenvalue weighted by Gasteiger charge is -2.39. The minimum absolute atomic E-state index is 0.0665. The van der Waals surface area contributed by atoms with E-state index in [1.807, 2.05) is 4.90 Å². The zero-order valence-electron chi connectivity index (χ0n) is 12.5. The molecule has 3 rings (SSSR count). The summed E-state index contributed by atoms with van der Waals surface area (Å²) in [5.41, 5.74) is 0. The summed E-state index contributed by atoms with van der Waals surface area (Å²) in [4.78, 5) is 29.7. The van der Waals surface area contributed by atoms with Crippen LogP contribution in [0.1, 0.15) is 32.1 Å². The highest BCUT2D eigenvalue weighted by Crippen LogP contribution is 2.25. The molecule has 2 heterocycles. The van der Waals surface area contributed by atoms with Gasteiger partial charge in [-0.3, -0.25) is 14.5 Å². The molecule has 2 aliphatic heterocycles. The molecule has 0 aromatic rings. The van der Waals surface area contributed by atoms with Gasteiger partial charge in [0, 0.05) is 45.2 Å². The van der Waals surface area contributed by atoms with Crippen molar-refractivity contribution in [2.24, 2.45) is 0 Å². The Morgan fingerprint density at radius 2 is 1.86 bits per heavy atom. The molecular formula is C15H25N3O3. The molecule has 118 valence electrons. The Kier molecular flexibility index (Phi) is 4.45. The van der Waals surface area contributed by atoms with Gasteiger partial charge in [0.1, 0.15) is 0 Å². The van der Waals surface area contributed by atoms with Gasteiger partial charge in [-0.15, -0.1) is 0 Å². The molecular weight excluding hydrogens is 270 g/mol. The maximum Gasteiger partial charge on any atom is 0.242 e. The van der Waals surface area contributed by atoms with E-state index >= 15 is 0 Å². The van der Waals surface area contributed by atoms with Crippen molar-refractivity contribution in [3.63, 3.8) is 0 Å². The number of hydrogen-bond acceptors (Lipinski definition) is 4.